The maximum absolute atomic E-state index is 13.9. The van der Waals surface area contributed by atoms with E-state index in [9.17, 15) is 17.6 Å². The lowest BCUT2D eigenvalue weighted by Crippen LogP contribution is -2.41. The summed E-state index contributed by atoms with van der Waals surface area (Å²) >= 11 is 0. The molecule has 2 aromatic rings. The number of hydrogen-bond acceptors (Lipinski definition) is 3. The number of hydrogen-bond donors (Lipinski definition) is 1. The van der Waals surface area contributed by atoms with Crippen molar-refractivity contribution in [2.24, 2.45) is 0 Å². The first kappa shape index (κ1) is 22.0. The number of aryl methyl sites for hydroxylation is 2. The van der Waals surface area contributed by atoms with E-state index in [1.807, 2.05) is 39.0 Å². The molecule has 0 fully saturated rings. The van der Waals surface area contributed by atoms with Gasteiger partial charge in [0.25, 0.3) is 0 Å². The number of amides is 1. The Balaban J connectivity index is 2.15. The van der Waals surface area contributed by atoms with Crippen LogP contribution in [0.3, 0.4) is 0 Å². The highest BCUT2D eigenvalue weighted by atomic mass is 32.2. The third-order valence-electron chi connectivity index (χ3n) is 4.64. The average molecular weight is 407 g/mol. The van der Waals surface area contributed by atoms with Gasteiger partial charge >= 0.3 is 0 Å². The van der Waals surface area contributed by atoms with Gasteiger partial charge in [-0.2, -0.15) is 4.31 Å². The summed E-state index contributed by atoms with van der Waals surface area (Å²) in [6, 6.07) is 11.7. The van der Waals surface area contributed by atoms with Gasteiger partial charge < -0.3 is 5.32 Å². The van der Waals surface area contributed by atoms with Crippen molar-refractivity contribution in [2.75, 3.05) is 12.8 Å². The zero-order valence-corrected chi connectivity index (χ0v) is 17.5. The summed E-state index contributed by atoms with van der Waals surface area (Å²) in [4.78, 5) is 12.6. The minimum atomic E-state index is -3.69. The molecule has 0 radical (unpaired) electrons. The highest BCUT2D eigenvalue weighted by molar-refractivity contribution is 7.88. The highest BCUT2D eigenvalue weighted by Gasteiger charge is 2.23. The Kier molecular flexibility index (Phi) is 7.32. The second-order valence-corrected chi connectivity index (χ2v) is 8.99. The number of benzene rings is 2. The van der Waals surface area contributed by atoms with Crippen LogP contribution >= 0.6 is 0 Å². The summed E-state index contributed by atoms with van der Waals surface area (Å²) in [5.74, 6) is -0.924. The smallest absolute Gasteiger partial charge is 0.235 e. The van der Waals surface area contributed by atoms with Gasteiger partial charge in [0.15, 0.2) is 0 Å². The number of sulfonamides is 1. The van der Waals surface area contributed by atoms with Crippen molar-refractivity contribution in [3.8, 4) is 0 Å². The molecule has 2 rings (SSSR count). The molecule has 0 saturated heterocycles. The normalized spacial score (nSPS) is 12.8. The van der Waals surface area contributed by atoms with Crippen LogP contribution in [0.5, 0.6) is 0 Å². The first-order chi connectivity index (χ1) is 13.1. The summed E-state index contributed by atoms with van der Waals surface area (Å²) in [6.45, 7) is 5.38. The van der Waals surface area contributed by atoms with E-state index in [1.165, 1.54) is 18.2 Å². The van der Waals surface area contributed by atoms with Crippen LogP contribution in [-0.4, -0.2) is 31.4 Å². The molecule has 1 N–H and O–H groups in total. The molecule has 0 bridgehead atoms. The van der Waals surface area contributed by atoms with E-state index in [2.05, 4.69) is 5.32 Å². The first-order valence-corrected chi connectivity index (χ1v) is 11.0. The van der Waals surface area contributed by atoms with Gasteiger partial charge in [0.05, 0.1) is 18.8 Å². The van der Waals surface area contributed by atoms with Gasteiger partial charge in [0.1, 0.15) is 5.82 Å². The fourth-order valence-electron chi connectivity index (χ4n) is 3.12. The third-order valence-corrected chi connectivity index (χ3v) is 5.83. The summed E-state index contributed by atoms with van der Waals surface area (Å²) in [6.07, 6.45) is 1.68. The molecule has 0 aliphatic rings. The predicted octanol–water partition coefficient (Wildman–Crippen LogP) is 3.47. The predicted molar refractivity (Wildman–Crippen MR) is 109 cm³/mol. The molecule has 0 unspecified atom stereocenters. The molecular weight excluding hydrogens is 379 g/mol. The Morgan fingerprint density at radius 1 is 1.18 bits per heavy atom. The first-order valence-electron chi connectivity index (χ1n) is 9.16. The largest absolute Gasteiger partial charge is 0.348 e. The number of rotatable bonds is 8. The van der Waals surface area contributed by atoms with E-state index in [4.69, 9.17) is 0 Å². The van der Waals surface area contributed by atoms with Crippen molar-refractivity contribution in [3.05, 3.63) is 70.5 Å². The second-order valence-electron chi connectivity index (χ2n) is 7.01. The Morgan fingerprint density at radius 2 is 1.86 bits per heavy atom. The second kappa shape index (κ2) is 9.30. The van der Waals surface area contributed by atoms with Crippen LogP contribution in [0.4, 0.5) is 4.39 Å². The fourth-order valence-corrected chi connectivity index (χ4v) is 3.85. The molecule has 0 heterocycles. The molecule has 28 heavy (non-hydrogen) atoms. The van der Waals surface area contributed by atoms with Crippen LogP contribution in [0.2, 0.25) is 0 Å². The molecule has 1 amide bonds. The van der Waals surface area contributed by atoms with Gasteiger partial charge in [0, 0.05) is 12.1 Å². The minimum Gasteiger partial charge on any atom is -0.348 e. The highest BCUT2D eigenvalue weighted by Crippen LogP contribution is 2.22. The van der Waals surface area contributed by atoms with Crippen LogP contribution in [0.1, 0.15) is 41.6 Å². The molecule has 0 aromatic heterocycles. The van der Waals surface area contributed by atoms with Crippen molar-refractivity contribution < 1.29 is 17.6 Å². The van der Waals surface area contributed by atoms with Crippen molar-refractivity contribution >= 4 is 15.9 Å². The maximum Gasteiger partial charge on any atom is 0.235 e. The van der Waals surface area contributed by atoms with Gasteiger partial charge in [-0.1, -0.05) is 48.9 Å². The lowest BCUT2D eigenvalue weighted by atomic mass is 9.97. The lowest BCUT2D eigenvalue weighted by molar-refractivity contribution is -0.122. The number of nitrogens with one attached hydrogen (secondary N) is 1. The summed E-state index contributed by atoms with van der Waals surface area (Å²) < 4.78 is 39.1. The molecular formula is C21H27FN2O3S. The Labute approximate surface area is 166 Å². The Morgan fingerprint density at radius 3 is 2.43 bits per heavy atom. The lowest BCUT2D eigenvalue weighted by Gasteiger charge is -2.23. The monoisotopic (exact) mass is 406 g/mol. The van der Waals surface area contributed by atoms with Crippen LogP contribution < -0.4 is 5.32 Å². The van der Waals surface area contributed by atoms with Crippen LogP contribution in [-0.2, 0) is 21.4 Å². The number of nitrogens with zero attached hydrogens (tertiary/aromatic N) is 1. The van der Waals surface area contributed by atoms with E-state index in [1.54, 1.807) is 6.07 Å². The molecule has 0 aliphatic carbocycles. The van der Waals surface area contributed by atoms with Crippen molar-refractivity contribution in [3.63, 3.8) is 0 Å². The standard InChI is InChI=1S/C21H27FN2O3S/c1-5-20(18-11-10-15(2)12-16(18)3)23-21(25)14-24(28(4,26)27)13-17-8-6-7-9-19(17)22/h6-12,20H,5,13-14H2,1-4H3,(H,23,25)/t20-/m0/s1. The third kappa shape index (κ3) is 5.87. The molecule has 1 atom stereocenters. The van der Waals surface area contributed by atoms with E-state index in [-0.39, 0.29) is 24.7 Å². The number of halogens is 1. The van der Waals surface area contributed by atoms with Gasteiger partial charge in [0.2, 0.25) is 15.9 Å². The molecule has 0 saturated carbocycles. The Hall–Kier alpha value is -2.25. The average Bonchev–Trinajstić information content (AvgIpc) is 2.60. The maximum atomic E-state index is 13.9. The zero-order valence-electron chi connectivity index (χ0n) is 16.7. The van der Waals surface area contributed by atoms with Gasteiger partial charge in [-0.3, -0.25) is 4.79 Å². The van der Waals surface area contributed by atoms with Gasteiger partial charge in [-0.05, 0) is 37.5 Å². The summed E-state index contributed by atoms with van der Waals surface area (Å²) in [5.41, 5.74) is 3.43. The van der Waals surface area contributed by atoms with E-state index >= 15 is 0 Å². The van der Waals surface area contributed by atoms with E-state index < -0.39 is 21.7 Å². The molecule has 2 aromatic carbocycles. The van der Waals surface area contributed by atoms with Crippen LogP contribution in [0.25, 0.3) is 0 Å². The van der Waals surface area contributed by atoms with Crippen molar-refractivity contribution in [2.45, 2.75) is 39.8 Å². The summed E-state index contributed by atoms with van der Waals surface area (Å²) in [5, 5.41) is 2.91. The SMILES string of the molecule is CC[C@H](NC(=O)CN(Cc1ccccc1F)S(C)(=O)=O)c1ccc(C)cc1C. The molecule has 7 heteroatoms. The molecule has 5 nitrogen and oxygen atoms in total. The van der Waals surface area contributed by atoms with Gasteiger partial charge in [-0.25, -0.2) is 12.8 Å². The van der Waals surface area contributed by atoms with Crippen molar-refractivity contribution in [1.29, 1.82) is 0 Å². The number of carbonyl (C=O) groups excluding carboxylic acids is 1. The van der Waals surface area contributed by atoms with Crippen LogP contribution in [0, 0.1) is 19.7 Å². The zero-order chi connectivity index (χ0) is 20.9. The molecule has 0 aliphatic heterocycles. The van der Waals surface area contributed by atoms with Crippen LogP contribution in [0.15, 0.2) is 42.5 Å². The van der Waals surface area contributed by atoms with Crippen molar-refractivity contribution in [1.82, 2.24) is 9.62 Å². The molecule has 152 valence electrons. The summed E-state index contributed by atoms with van der Waals surface area (Å²) in [7, 11) is -3.69. The number of carbonyl (C=O) groups is 1. The Bertz CT molecular complexity index is 944. The minimum absolute atomic E-state index is 0.195. The fraction of sp³-hybridized carbons (Fsp3) is 0.381. The molecule has 0 spiro atoms. The van der Waals surface area contributed by atoms with E-state index in [0.29, 0.717) is 6.42 Å². The topological polar surface area (TPSA) is 66.5 Å². The quantitative estimate of drug-likeness (QED) is 0.730. The van der Waals surface area contributed by atoms with Gasteiger partial charge in [-0.15, -0.1) is 0 Å². The van der Waals surface area contributed by atoms with E-state index in [0.717, 1.165) is 27.3 Å².